The summed E-state index contributed by atoms with van der Waals surface area (Å²) in [6.07, 6.45) is 1.89. The van der Waals surface area contributed by atoms with E-state index in [9.17, 15) is 13.2 Å². The predicted molar refractivity (Wildman–Crippen MR) is 138 cm³/mol. The first kappa shape index (κ1) is 22.1. The molecule has 0 unspecified atom stereocenters. The van der Waals surface area contributed by atoms with E-state index in [1.165, 1.54) is 23.9 Å². The number of carbonyl (C=O) groups is 1. The zero-order valence-corrected chi connectivity index (χ0v) is 19.5. The van der Waals surface area contributed by atoms with Crippen LogP contribution in [0.15, 0.2) is 112 Å². The lowest BCUT2D eigenvalue weighted by Crippen LogP contribution is -2.28. The fourth-order valence-corrected chi connectivity index (χ4v) is 5.20. The number of fused-ring (bicyclic) bond motifs is 1. The maximum absolute atomic E-state index is 13.5. The number of amidine groups is 1. The first-order valence-electron chi connectivity index (χ1n) is 10.4. The second kappa shape index (κ2) is 8.90. The summed E-state index contributed by atoms with van der Waals surface area (Å²) in [4.78, 5) is 20.3. The smallest absolute Gasteiger partial charge is 0.268 e. The Morgan fingerprint density at radius 3 is 2.24 bits per heavy atom. The molecule has 0 bridgehead atoms. The van der Waals surface area contributed by atoms with Gasteiger partial charge in [-0.3, -0.25) is 9.69 Å². The van der Waals surface area contributed by atoms with E-state index in [0.717, 1.165) is 16.3 Å². The molecule has 168 valence electrons. The molecule has 0 saturated carbocycles. The Morgan fingerprint density at radius 1 is 0.824 bits per heavy atom. The minimum absolute atomic E-state index is 0.00283. The molecule has 4 aromatic carbocycles. The number of benzene rings is 4. The Balaban J connectivity index is 1.58. The van der Waals surface area contributed by atoms with Crippen molar-refractivity contribution in [2.45, 2.75) is 4.90 Å². The van der Waals surface area contributed by atoms with Crippen LogP contribution in [-0.2, 0) is 14.8 Å². The number of amides is 1. The molecule has 0 spiro atoms. The fourth-order valence-electron chi connectivity index (χ4n) is 3.69. The van der Waals surface area contributed by atoms with Gasteiger partial charge in [0.05, 0.1) is 21.2 Å². The minimum Gasteiger partial charge on any atom is -0.268 e. The third-order valence-electron chi connectivity index (χ3n) is 5.32. The quantitative estimate of drug-likeness (QED) is 0.397. The van der Waals surface area contributed by atoms with Crippen LogP contribution in [-0.4, -0.2) is 19.5 Å². The topological polar surface area (TPSA) is 92.8 Å². The molecule has 34 heavy (non-hydrogen) atoms. The van der Waals surface area contributed by atoms with Gasteiger partial charge in [-0.15, -0.1) is 0 Å². The largest absolute Gasteiger partial charge is 0.271 e. The summed E-state index contributed by atoms with van der Waals surface area (Å²) >= 11 is 1.27. The highest BCUT2D eigenvalue weighted by Gasteiger charge is 2.34. The van der Waals surface area contributed by atoms with Gasteiger partial charge >= 0.3 is 0 Å². The van der Waals surface area contributed by atoms with Crippen LogP contribution in [0.5, 0.6) is 0 Å². The first-order chi connectivity index (χ1) is 16.4. The molecule has 2 N–H and O–H groups in total. The van der Waals surface area contributed by atoms with Crippen molar-refractivity contribution in [1.82, 2.24) is 0 Å². The van der Waals surface area contributed by atoms with Gasteiger partial charge in [0.25, 0.3) is 5.91 Å². The lowest BCUT2D eigenvalue weighted by Gasteiger charge is -2.15. The van der Waals surface area contributed by atoms with E-state index in [2.05, 4.69) is 4.99 Å². The zero-order valence-electron chi connectivity index (χ0n) is 17.8. The van der Waals surface area contributed by atoms with Crippen LogP contribution in [0.4, 0.5) is 11.4 Å². The summed E-state index contributed by atoms with van der Waals surface area (Å²) in [7, 11) is -3.80. The van der Waals surface area contributed by atoms with Crippen LogP contribution in [0.2, 0.25) is 0 Å². The lowest BCUT2D eigenvalue weighted by molar-refractivity contribution is -0.113. The molecule has 1 amide bonds. The van der Waals surface area contributed by atoms with Gasteiger partial charge in [0.15, 0.2) is 5.17 Å². The normalized spacial score (nSPS) is 16.6. The summed E-state index contributed by atoms with van der Waals surface area (Å²) in [6, 6.07) is 29.2. The number of rotatable bonds is 4. The molecule has 6 nitrogen and oxygen atoms in total. The maximum Gasteiger partial charge on any atom is 0.271 e. The van der Waals surface area contributed by atoms with E-state index in [1.807, 2.05) is 78.9 Å². The Bertz CT molecular complexity index is 1560. The van der Waals surface area contributed by atoms with Gasteiger partial charge in [-0.05, 0) is 70.6 Å². The highest BCUT2D eigenvalue weighted by molar-refractivity contribution is 8.19. The van der Waals surface area contributed by atoms with Crippen LogP contribution in [0.25, 0.3) is 16.8 Å². The molecule has 1 heterocycles. The van der Waals surface area contributed by atoms with Crippen molar-refractivity contribution in [2.75, 3.05) is 4.90 Å². The summed E-state index contributed by atoms with van der Waals surface area (Å²) in [5, 5.41) is 7.82. The van der Waals surface area contributed by atoms with Crippen molar-refractivity contribution in [1.29, 1.82) is 0 Å². The van der Waals surface area contributed by atoms with Gasteiger partial charge < -0.3 is 0 Å². The average molecular weight is 486 g/mol. The molecule has 1 aliphatic heterocycles. The molecule has 5 rings (SSSR count). The van der Waals surface area contributed by atoms with Crippen LogP contribution in [0.1, 0.15) is 5.56 Å². The van der Waals surface area contributed by atoms with Gasteiger partial charge in [0, 0.05) is 0 Å². The first-order valence-corrected chi connectivity index (χ1v) is 12.7. The van der Waals surface area contributed by atoms with Crippen LogP contribution >= 0.6 is 11.8 Å². The van der Waals surface area contributed by atoms with Gasteiger partial charge in [-0.25, -0.2) is 18.5 Å². The van der Waals surface area contributed by atoms with E-state index in [-0.39, 0.29) is 10.8 Å². The average Bonchev–Trinajstić information content (AvgIpc) is 3.14. The number of primary sulfonamides is 1. The van der Waals surface area contributed by atoms with Crippen molar-refractivity contribution < 1.29 is 13.2 Å². The van der Waals surface area contributed by atoms with Gasteiger partial charge in [-0.2, -0.15) is 0 Å². The lowest BCUT2D eigenvalue weighted by atomic mass is 10.0. The second-order valence-electron chi connectivity index (χ2n) is 7.59. The molecule has 0 aromatic heterocycles. The number of hydrogen-bond acceptors (Lipinski definition) is 5. The van der Waals surface area contributed by atoms with Crippen molar-refractivity contribution in [2.24, 2.45) is 10.1 Å². The predicted octanol–water partition coefficient (Wildman–Crippen LogP) is 5.30. The Hall–Kier alpha value is -3.72. The molecule has 0 radical (unpaired) electrons. The number of para-hydroxylation sites is 1. The van der Waals surface area contributed by atoms with Crippen molar-refractivity contribution in [3.8, 4) is 0 Å². The summed E-state index contributed by atoms with van der Waals surface area (Å²) in [6.45, 7) is 0. The fraction of sp³-hybridized carbons (Fsp3) is 0. The molecule has 8 heteroatoms. The highest BCUT2D eigenvalue weighted by atomic mass is 32.2. The number of anilines is 1. The summed E-state index contributed by atoms with van der Waals surface area (Å²) < 4.78 is 23.1. The van der Waals surface area contributed by atoms with E-state index >= 15 is 0 Å². The Kier molecular flexibility index (Phi) is 5.79. The van der Waals surface area contributed by atoms with Crippen LogP contribution < -0.4 is 10.0 Å². The van der Waals surface area contributed by atoms with Crippen LogP contribution in [0, 0.1) is 0 Å². The van der Waals surface area contributed by atoms with Crippen molar-refractivity contribution in [3.63, 3.8) is 0 Å². The minimum atomic E-state index is -3.80. The molecule has 0 atom stereocenters. The maximum atomic E-state index is 13.5. The number of nitrogens with zero attached hydrogens (tertiary/aromatic N) is 2. The third-order valence-corrected chi connectivity index (χ3v) is 7.22. The molecule has 1 saturated heterocycles. The molecule has 1 fully saturated rings. The highest BCUT2D eigenvalue weighted by Crippen LogP contribution is 2.38. The van der Waals surface area contributed by atoms with E-state index in [0.29, 0.717) is 21.4 Å². The van der Waals surface area contributed by atoms with E-state index < -0.39 is 10.0 Å². The Morgan fingerprint density at radius 2 is 1.50 bits per heavy atom. The Labute approximate surface area is 201 Å². The monoisotopic (exact) mass is 485 g/mol. The number of hydrogen-bond donors (Lipinski definition) is 1. The number of nitrogens with two attached hydrogens (primary N) is 1. The van der Waals surface area contributed by atoms with Crippen LogP contribution in [0.3, 0.4) is 0 Å². The molecule has 4 aromatic rings. The number of carbonyl (C=O) groups excluding carboxylic acids is 1. The standard InChI is InChI=1S/C26H19N3O3S2/c27-34(31,32)22-15-13-20(14-16-22)28-26-29(21-10-2-1-3-11-21)25(30)24(33-26)17-19-9-6-8-18-7-4-5-12-23(18)19/h1-17H,(H2,27,31,32). The zero-order chi connectivity index (χ0) is 23.7. The number of aliphatic imine (C=N–C) groups is 1. The number of thioether (sulfide) groups is 1. The van der Waals surface area contributed by atoms with E-state index in [1.54, 1.807) is 17.0 Å². The van der Waals surface area contributed by atoms with Gasteiger partial charge in [0.2, 0.25) is 10.0 Å². The van der Waals surface area contributed by atoms with Gasteiger partial charge in [0.1, 0.15) is 0 Å². The second-order valence-corrected chi connectivity index (χ2v) is 10.2. The third kappa shape index (κ3) is 4.38. The molecule has 0 aliphatic carbocycles. The molecular weight excluding hydrogens is 466 g/mol. The van der Waals surface area contributed by atoms with Crippen molar-refractivity contribution in [3.05, 3.63) is 108 Å². The van der Waals surface area contributed by atoms with Crippen molar-refractivity contribution >= 4 is 61.1 Å². The van der Waals surface area contributed by atoms with E-state index in [4.69, 9.17) is 5.14 Å². The SMILES string of the molecule is NS(=O)(=O)c1ccc(N=C2SC(=Cc3cccc4ccccc34)C(=O)N2c2ccccc2)cc1. The summed E-state index contributed by atoms with van der Waals surface area (Å²) in [5.74, 6) is -0.177. The van der Waals surface area contributed by atoms with Gasteiger partial charge in [-0.1, -0.05) is 60.7 Å². The molecular formula is C26H19N3O3S2. The molecule has 1 aliphatic rings. The summed E-state index contributed by atoms with van der Waals surface area (Å²) in [5.41, 5.74) is 2.15. The number of sulfonamides is 1.